The number of nitrogens with two attached hydrogens (primary N) is 1. The minimum absolute atomic E-state index is 0.147. The van der Waals surface area contributed by atoms with Gasteiger partial charge >= 0.3 is 0 Å². The largest absolute Gasteiger partial charge is 0.333 e. The van der Waals surface area contributed by atoms with E-state index in [0.29, 0.717) is 11.7 Å². The van der Waals surface area contributed by atoms with Crippen molar-refractivity contribution in [2.24, 2.45) is 5.73 Å². The summed E-state index contributed by atoms with van der Waals surface area (Å²) in [5, 5.41) is 3.85. The topological polar surface area (TPSA) is 64.9 Å². The van der Waals surface area contributed by atoms with Crippen LogP contribution in [0.3, 0.4) is 0 Å². The van der Waals surface area contributed by atoms with E-state index < -0.39 is 0 Å². The van der Waals surface area contributed by atoms with Crippen LogP contribution >= 0.6 is 27.3 Å². The minimum atomic E-state index is -0.147. The highest BCUT2D eigenvalue weighted by Crippen LogP contribution is 2.30. The number of halogens is 1. The van der Waals surface area contributed by atoms with Gasteiger partial charge in [0.25, 0.3) is 5.89 Å². The van der Waals surface area contributed by atoms with E-state index in [4.69, 9.17) is 10.3 Å². The average Bonchev–Trinajstić information content (AvgIpc) is 2.84. The van der Waals surface area contributed by atoms with E-state index in [0.717, 1.165) is 15.1 Å². The Bertz CT molecular complexity index is 454. The van der Waals surface area contributed by atoms with Gasteiger partial charge in [-0.15, -0.1) is 11.3 Å². The monoisotopic (exact) mass is 287 g/mol. The van der Waals surface area contributed by atoms with Gasteiger partial charge in [-0.05, 0) is 34.5 Å². The van der Waals surface area contributed by atoms with Crippen LogP contribution in [-0.2, 0) is 0 Å². The van der Waals surface area contributed by atoms with Gasteiger partial charge in [0.2, 0.25) is 0 Å². The third-order valence-corrected chi connectivity index (χ3v) is 3.61. The van der Waals surface area contributed by atoms with Gasteiger partial charge in [0.15, 0.2) is 5.82 Å². The van der Waals surface area contributed by atoms with E-state index in [1.807, 2.05) is 19.1 Å². The zero-order valence-corrected chi connectivity index (χ0v) is 10.5. The van der Waals surface area contributed by atoms with Crippen molar-refractivity contribution >= 4 is 27.3 Å². The van der Waals surface area contributed by atoms with Crippen LogP contribution in [0.25, 0.3) is 10.8 Å². The van der Waals surface area contributed by atoms with Crippen molar-refractivity contribution in [3.8, 4) is 10.8 Å². The molecular weight excluding hydrogens is 278 g/mol. The number of hydrogen-bond donors (Lipinski definition) is 1. The van der Waals surface area contributed by atoms with Crippen molar-refractivity contribution in [3.05, 3.63) is 21.7 Å². The van der Waals surface area contributed by atoms with E-state index in [2.05, 4.69) is 26.1 Å². The van der Waals surface area contributed by atoms with Crippen molar-refractivity contribution < 1.29 is 4.52 Å². The molecule has 15 heavy (non-hydrogen) atoms. The first-order valence-electron chi connectivity index (χ1n) is 4.55. The summed E-state index contributed by atoms with van der Waals surface area (Å²) in [6.07, 6.45) is 0.799. The van der Waals surface area contributed by atoms with Crippen molar-refractivity contribution in [2.75, 3.05) is 0 Å². The van der Waals surface area contributed by atoms with Crippen LogP contribution in [0.4, 0.5) is 0 Å². The lowest BCUT2D eigenvalue weighted by atomic mass is 10.2. The van der Waals surface area contributed by atoms with Crippen LogP contribution < -0.4 is 5.73 Å². The average molecular weight is 288 g/mol. The number of aromatic nitrogens is 2. The molecule has 0 aliphatic carbocycles. The van der Waals surface area contributed by atoms with Crippen molar-refractivity contribution in [1.82, 2.24) is 10.1 Å². The fourth-order valence-corrected chi connectivity index (χ4v) is 2.41. The molecule has 4 nitrogen and oxygen atoms in total. The smallest absolute Gasteiger partial charge is 0.268 e. The molecule has 0 radical (unpaired) electrons. The lowest BCUT2D eigenvalue weighted by molar-refractivity contribution is 0.416. The van der Waals surface area contributed by atoms with Gasteiger partial charge in [0.05, 0.1) is 14.7 Å². The third-order valence-electron chi connectivity index (χ3n) is 2.00. The summed E-state index contributed by atoms with van der Waals surface area (Å²) >= 11 is 4.94. The zero-order valence-electron chi connectivity index (χ0n) is 8.11. The van der Waals surface area contributed by atoms with Gasteiger partial charge in [-0.3, -0.25) is 0 Å². The summed E-state index contributed by atoms with van der Waals surface area (Å²) < 4.78 is 6.17. The Morgan fingerprint density at radius 3 is 3.00 bits per heavy atom. The molecule has 2 aromatic rings. The van der Waals surface area contributed by atoms with Gasteiger partial charge in [-0.2, -0.15) is 4.98 Å². The Hall–Kier alpha value is -0.720. The standard InChI is InChI=1S/C9H10BrN3OS/c1-2-5(11)8-12-9(14-13-8)6-3-4-7(10)15-6/h3-5H,2,11H2,1H3. The normalized spacial score (nSPS) is 13.0. The van der Waals surface area contributed by atoms with Crippen LogP contribution in [0, 0.1) is 0 Å². The molecule has 0 spiro atoms. The molecule has 1 atom stereocenters. The Labute approximate surface area is 99.6 Å². The van der Waals surface area contributed by atoms with E-state index in [1.165, 1.54) is 0 Å². The summed E-state index contributed by atoms with van der Waals surface area (Å²) in [6.45, 7) is 1.99. The van der Waals surface area contributed by atoms with Crippen molar-refractivity contribution in [3.63, 3.8) is 0 Å². The highest BCUT2D eigenvalue weighted by atomic mass is 79.9. The van der Waals surface area contributed by atoms with Crippen molar-refractivity contribution in [1.29, 1.82) is 0 Å². The first kappa shape index (κ1) is 10.8. The molecule has 0 aromatic carbocycles. The molecule has 0 bridgehead atoms. The quantitative estimate of drug-likeness (QED) is 0.943. The third kappa shape index (κ3) is 2.27. The molecule has 1 unspecified atom stereocenters. The molecule has 0 saturated carbocycles. The molecule has 6 heteroatoms. The zero-order chi connectivity index (χ0) is 10.8. The number of thiophene rings is 1. The summed E-state index contributed by atoms with van der Waals surface area (Å²) in [5.74, 6) is 1.10. The Kier molecular flexibility index (Phi) is 3.18. The Morgan fingerprint density at radius 2 is 2.40 bits per heavy atom. The van der Waals surface area contributed by atoms with Crippen molar-refractivity contribution in [2.45, 2.75) is 19.4 Å². The van der Waals surface area contributed by atoms with Gasteiger partial charge in [0, 0.05) is 0 Å². The minimum Gasteiger partial charge on any atom is -0.333 e. The number of nitrogens with zero attached hydrogens (tertiary/aromatic N) is 2. The molecule has 2 N–H and O–H groups in total. The van der Waals surface area contributed by atoms with E-state index in [9.17, 15) is 0 Å². The molecule has 2 aromatic heterocycles. The second kappa shape index (κ2) is 4.42. The molecule has 2 rings (SSSR count). The highest BCUT2D eigenvalue weighted by molar-refractivity contribution is 9.11. The first-order chi connectivity index (χ1) is 7.20. The lowest BCUT2D eigenvalue weighted by Gasteiger charge is -1.98. The van der Waals surface area contributed by atoms with Gasteiger partial charge < -0.3 is 10.3 Å². The number of rotatable bonds is 3. The summed E-state index contributed by atoms with van der Waals surface area (Å²) in [7, 11) is 0. The fourth-order valence-electron chi connectivity index (χ4n) is 1.10. The maximum absolute atomic E-state index is 5.80. The molecule has 0 aliphatic rings. The van der Waals surface area contributed by atoms with Crippen LogP contribution in [-0.4, -0.2) is 10.1 Å². The van der Waals surface area contributed by atoms with E-state index in [-0.39, 0.29) is 6.04 Å². The van der Waals surface area contributed by atoms with Crippen LogP contribution in [0.5, 0.6) is 0 Å². The van der Waals surface area contributed by atoms with Crippen LogP contribution in [0.2, 0.25) is 0 Å². The molecular formula is C9H10BrN3OS. The lowest BCUT2D eigenvalue weighted by Crippen LogP contribution is -2.10. The Morgan fingerprint density at radius 1 is 1.60 bits per heavy atom. The van der Waals surface area contributed by atoms with E-state index >= 15 is 0 Å². The predicted octanol–water partition coefficient (Wildman–Crippen LogP) is 2.97. The molecule has 80 valence electrons. The summed E-state index contributed by atoms with van der Waals surface area (Å²) in [4.78, 5) is 5.20. The summed E-state index contributed by atoms with van der Waals surface area (Å²) in [6, 6.07) is 3.73. The maximum Gasteiger partial charge on any atom is 0.268 e. The SMILES string of the molecule is CCC(N)c1noc(-c2ccc(Br)s2)n1. The van der Waals surface area contributed by atoms with Gasteiger partial charge in [-0.1, -0.05) is 12.1 Å². The highest BCUT2D eigenvalue weighted by Gasteiger charge is 2.14. The maximum atomic E-state index is 5.80. The molecule has 0 amide bonds. The molecule has 0 saturated heterocycles. The number of hydrogen-bond acceptors (Lipinski definition) is 5. The predicted molar refractivity (Wildman–Crippen MR) is 62.5 cm³/mol. The Balaban J connectivity index is 2.27. The first-order valence-corrected chi connectivity index (χ1v) is 6.16. The van der Waals surface area contributed by atoms with Gasteiger partial charge in [0.1, 0.15) is 0 Å². The van der Waals surface area contributed by atoms with Crippen LogP contribution in [0.1, 0.15) is 25.2 Å². The molecule has 0 fully saturated rings. The second-order valence-corrected chi connectivity index (χ2v) is 5.54. The van der Waals surface area contributed by atoms with Gasteiger partial charge in [-0.25, -0.2) is 0 Å². The fraction of sp³-hybridized carbons (Fsp3) is 0.333. The molecule has 2 heterocycles. The second-order valence-electron chi connectivity index (χ2n) is 3.08. The summed E-state index contributed by atoms with van der Waals surface area (Å²) in [5.41, 5.74) is 5.80. The van der Waals surface area contributed by atoms with Crippen LogP contribution in [0.15, 0.2) is 20.4 Å². The van der Waals surface area contributed by atoms with E-state index in [1.54, 1.807) is 11.3 Å². The molecule has 0 aliphatic heterocycles.